The van der Waals surface area contributed by atoms with Gasteiger partial charge in [-0.15, -0.1) is 0 Å². The van der Waals surface area contributed by atoms with Crippen molar-refractivity contribution in [2.45, 2.75) is 19.4 Å². The maximum absolute atomic E-state index is 13.2. The molecule has 1 N–H and O–H groups in total. The number of aliphatic carboxylic acids is 1. The van der Waals surface area contributed by atoms with Crippen molar-refractivity contribution in [2.24, 2.45) is 0 Å². The van der Waals surface area contributed by atoms with Crippen LogP contribution in [0, 0.1) is 5.82 Å². The first-order chi connectivity index (χ1) is 8.21. The number of halogens is 2. The summed E-state index contributed by atoms with van der Waals surface area (Å²) in [6.07, 6.45) is 0. The van der Waals surface area contributed by atoms with Gasteiger partial charge in [0.25, 0.3) is 0 Å². The molecule has 0 bridgehead atoms. The van der Waals surface area contributed by atoms with Crippen molar-refractivity contribution in [1.82, 2.24) is 4.90 Å². The molecule has 1 aromatic carbocycles. The standard InChI is InChI=1S/C12H13BrFNO3/c1-7(16)15(3)12(2,11(17)18)8-4-5-10(14)9(13)6-8/h4-6H,1-3H3,(H,17,18). The summed E-state index contributed by atoms with van der Waals surface area (Å²) in [7, 11) is 1.40. The minimum absolute atomic E-state index is 0.157. The Bertz CT molecular complexity index is 506. The first-order valence-corrected chi connectivity index (χ1v) is 5.94. The summed E-state index contributed by atoms with van der Waals surface area (Å²) in [5, 5.41) is 9.36. The maximum atomic E-state index is 13.2. The number of likely N-dealkylation sites (N-methyl/N-ethyl adjacent to an activating group) is 1. The van der Waals surface area contributed by atoms with Crippen LogP contribution in [0.15, 0.2) is 22.7 Å². The molecule has 0 aliphatic heterocycles. The summed E-state index contributed by atoms with van der Waals surface area (Å²) in [4.78, 5) is 24.0. The van der Waals surface area contributed by atoms with Gasteiger partial charge in [-0.2, -0.15) is 0 Å². The summed E-state index contributed by atoms with van der Waals surface area (Å²) < 4.78 is 13.3. The molecule has 1 aromatic rings. The highest BCUT2D eigenvalue weighted by Gasteiger charge is 2.41. The molecular weight excluding hydrogens is 305 g/mol. The molecule has 0 saturated carbocycles. The van der Waals surface area contributed by atoms with Crippen molar-refractivity contribution < 1.29 is 19.1 Å². The van der Waals surface area contributed by atoms with Crippen molar-refractivity contribution in [3.05, 3.63) is 34.1 Å². The lowest BCUT2D eigenvalue weighted by Gasteiger charge is -2.35. The van der Waals surface area contributed by atoms with Gasteiger partial charge in [0.1, 0.15) is 5.82 Å². The topological polar surface area (TPSA) is 57.6 Å². The predicted octanol–water partition coefficient (Wildman–Crippen LogP) is 2.37. The summed E-state index contributed by atoms with van der Waals surface area (Å²) in [6.45, 7) is 2.68. The predicted molar refractivity (Wildman–Crippen MR) is 67.5 cm³/mol. The van der Waals surface area contributed by atoms with Crippen LogP contribution in [-0.2, 0) is 15.1 Å². The quantitative estimate of drug-likeness (QED) is 0.931. The van der Waals surface area contributed by atoms with Crippen LogP contribution >= 0.6 is 15.9 Å². The Morgan fingerprint density at radius 2 is 2.00 bits per heavy atom. The highest BCUT2D eigenvalue weighted by atomic mass is 79.9. The number of hydrogen-bond donors (Lipinski definition) is 1. The Kier molecular flexibility index (Phi) is 4.11. The van der Waals surface area contributed by atoms with Gasteiger partial charge in [-0.05, 0) is 40.5 Å². The third-order valence-electron chi connectivity index (χ3n) is 3.04. The van der Waals surface area contributed by atoms with E-state index in [9.17, 15) is 19.1 Å². The number of hydrogen-bond acceptors (Lipinski definition) is 2. The van der Waals surface area contributed by atoms with Gasteiger partial charge in [0.2, 0.25) is 5.91 Å². The van der Waals surface area contributed by atoms with Gasteiger partial charge in [-0.3, -0.25) is 4.79 Å². The minimum atomic E-state index is -1.54. The summed E-state index contributed by atoms with van der Waals surface area (Å²) in [6, 6.07) is 3.88. The molecule has 0 heterocycles. The van der Waals surface area contributed by atoms with Crippen LogP contribution in [0.5, 0.6) is 0 Å². The number of benzene rings is 1. The van der Waals surface area contributed by atoms with Gasteiger partial charge in [0.05, 0.1) is 4.47 Å². The second-order valence-electron chi connectivity index (χ2n) is 4.08. The second kappa shape index (κ2) is 5.06. The minimum Gasteiger partial charge on any atom is -0.479 e. The lowest BCUT2D eigenvalue weighted by Crippen LogP contribution is -2.49. The molecule has 0 saturated heterocycles. The molecule has 0 radical (unpaired) electrons. The van der Waals surface area contributed by atoms with Crippen LogP contribution in [0.25, 0.3) is 0 Å². The fraction of sp³-hybridized carbons (Fsp3) is 0.333. The molecule has 0 aromatic heterocycles. The number of carbonyl (C=O) groups excluding carboxylic acids is 1. The van der Waals surface area contributed by atoms with E-state index in [-0.39, 0.29) is 10.4 Å². The number of rotatable bonds is 3. The molecule has 4 nitrogen and oxygen atoms in total. The first kappa shape index (κ1) is 14.6. The Morgan fingerprint density at radius 3 is 2.39 bits per heavy atom. The van der Waals surface area contributed by atoms with Gasteiger partial charge in [0, 0.05) is 14.0 Å². The van der Waals surface area contributed by atoms with E-state index in [4.69, 9.17) is 0 Å². The number of amides is 1. The summed E-state index contributed by atoms with van der Waals surface area (Å²) in [5.41, 5.74) is -1.22. The highest BCUT2D eigenvalue weighted by Crippen LogP contribution is 2.30. The molecule has 1 rings (SSSR count). The molecule has 0 spiro atoms. The molecule has 0 aliphatic carbocycles. The van der Waals surface area contributed by atoms with E-state index in [0.29, 0.717) is 5.56 Å². The molecule has 6 heteroatoms. The van der Waals surface area contributed by atoms with Gasteiger partial charge < -0.3 is 10.0 Å². The van der Waals surface area contributed by atoms with E-state index < -0.39 is 17.3 Å². The molecule has 0 fully saturated rings. The van der Waals surface area contributed by atoms with Crippen molar-refractivity contribution >= 4 is 27.8 Å². The molecule has 1 unspecified atom stereocenters. The van der Waals surface area contributed by atoms with Crippen LogP contribution in [0.4, 0.5) is 4.39 Å². The zero-order valence-electron chi connectivity index (χ0n) is 10.2. The first-order valence-electron chi connectivity index (χ1n) is 5.14. The van der Waals surface area contributed by atoms with Gasteiger partial charge >= 0.3 is 5.97 Å². The summed E-state index contributed by atoms with van der Waals surface area (Å²) >= 11 is 3.00. The number of nitrogens with zero attached hydrogens (tertiary/aromatic N) is 1. The molecule has 18 heavy (non-hydrogen) atoms. The van der Waals surface area contributed by atoms with Crippen molar-refractivity contribution in [3.63, 3.8) is 0 Å². The molecule has 1 amide bonds. The third kappa shape index (κ3) is 2.38. The number of carboxylic acids is 1. The van der Waals surface area contributed by atoms with E-state index in [1.807, 2.05) is 0 Å². The molecule has 98 valence electrons. The highest BCUT2D eigenvalue weighted by molar-refractivity contribution is 9.10. The van der Waals surface area contributed by atoms with E-state index in [1.165, 1.54) is 33.0 Å². The zero-order valence-corrected chi connectivity index (χ0v) is 11.8. The number of carbonyl (C=O) groups is 2. The van der Waals surface area contributed by atoms with Crippen LogP contribution in [0.3, 0.4) is 0 Å². The van der Waals surface area contributed by atoms with Crippen molar-refractivity contribution in [3.8, 4) is 0 Å². The second-order valence-corrected chi connectivity index (χ2v) is 4.94. The molecule has 1 atom stereocenters. The van der Waals surface area contributed by atoms with Gasteiger partial charge in [-0.25, -0.2) is 9.18 Å². The van der Waals surface area contributed by atoms with Crippen LogP contribution in [0.2, 0.25) is 0 Å². The fourth-order valence-corrected chi connectivity index (χ4v) is 1.95. The fourth-order valence-electron chi connectivity index (χ4n) is 1.57. The average Bonchev–Trinajstić information content (AvgIpc) is 2.30. The van der Waals surface area contributed by atoms with Gasteiger partial charge in [-0.1, -0.05) is 6.07 Å². The Balaban J connectivity index is 3.40. The Morgan fingerprint density at radius 1 is 1.44 bits per heavy atom. The molecule has 0 aliphatic rings. The van der Waals surface area contributed by atoms with Crippen molar-refractivity contribution in [2.75, 3.05) is 7.05 Å². The SMILES string of the molecule is CC(=O)N(C)C(C)(C(=O)O)c1ccc(F)c(Br)c1. The van der Waals surface area contributed by atoms with E-state index in [1.54, 1.807) is 0 Å². The largest absolute Gasteiger partial charge is 0.479 e. The van der Waals surface area contributed by atoms with Crippen LogP contribution in [-0.4, -0.2) is 28.9 Å². The van der Waals surface area contributed by atoms with Crippen LogP contribution in [0.1, 0.15) is 19.4 Å². The van der Waals surface area contributed by atoms with E-state index in [2.05, 4.69) is 15.9 Å². The van der Waals surface area contributed by atoms with Gasteiger partial charge in [0.15, 0.2) is 5.54 Å². The lowest BCUT2D eigenvalue weighted by molar-refractivity contribution is -0.156. The number of carboxylic acid groups (broad SMARTS) is 1. The van der Waals surface area contributed by atoms with E-state index >= 15 is 0 Å². The Hall–Kier alpha value is -1.43. The smallest absolute Gasteiger partial charge is 0.334 e. The zero-order chi connectivity index (χ0) is 14.1. The van der Waals surface area contributed by atoms with E-state index in [0.717, 1.165) is 11.0 Å². The summed E-state index contributed by atoms with van der Waals surface area (Å²) in [5.74, 6) is -2.06. The lowest BCUT2D eigenvalue weighted by atomic mass is 9.90. The molecular formula is C12H13BrFNO3. The normalized spacial score (nSPS) is 13.8. The van der Waals surface area contributed by atoms with Crippen LogP contribution < -0.4 is 0 Å². The Labute approximate surface area is 113 Å². The maximum Gasteiger partial charge on any atom is 0.334 e. The third-order valence-corrected chi connectivity index (χ3v) is 3.65. The van der Waals surface area contributed by atoms with Crippen molar-refractivity contribution in [1.29, 1.82) is 0 Å². The monoisotopic (exact) mass is 317 g/mol. The average molecular weight is 318 g/mol.